The van der Waals surface area contributed by atoms with Crippen molar-refractivity contribution in [3.05, 3.63) is 36.4 Å². The lowest BCUT2D eigenvalue weighted by Crippen LogP contribution is -2.40. The van der Waals surface area contributed by atoms with Gasteiger partial charge < -0.3 is 9.90 Å². The Bertz CT molecular complexity index is 626. The molecule has 0 aliphatic carbocycles. The van der Waals surface area contributed by atoms with Crippen molar-refractivity contribution in [3.8, 4) is 11.4 Å². The molecular weight excluding hydrogens is 289 g/mol. The number of alkyl halides is 3. The third-order valence-electron chi connectivity index (χ3n) is 2.55. The van der Waals surface area contributed by atoms with Gasteiger partial charge in [-0.05, 0) is 5.10 Å². The summed E-state index contributed by atoms with van der Waals surface area (Å²) in [4.78, 5) is 17.6. The number of hydrogen-bond acceptors (Lipinski definition) is 5. The zero-order valence-corrected chi connectivity index (χ0v) is 10.5. The van der Waals surface area contributed by atoms with E-state index >= 15 is 0 Å². The lowest BCUT2D eigenvalue weighted by Gasteiger charge is -2.05. The maximum Gasteiger partial charge on any atom is 0.419 e. The quantitative estimate of drug-likeness (QED) is 0.741. The van der Waals surface area contributed by atoms with Crippen LogP contribution in [0.1, 0.15) is 12.0 Å². The summed E-state index contributed by atoms with van der Waals surface area (Å²) >= 11 is 0. The standard InChI is InChI=1S/C12H9F3N4O2/c13-12(14,15)9-6-16-11(17-7-9)8-1-3-19(18-5-8)4-2-10(20)21/h1,3,5-7H,2,4H2. The molecule has 2 aromatic heterocycles. The Kier molecular flexibility index (Phi) is 4.10. The maximum atomic E-state index is 12.4. The average Bonchev–Trinajstić information content (AvgIpc) is 2.45. The molecule has 21 heavy (non-hydrogen) atoms. The van der Waals surface area contributed by atoms with Gasteiger partial charge in [0.15, 0.2) is 18.6 Å². The summed E-state index contributed by atoms with van der Waals surface area (Å²) in [5.74, 6) is -1.10. The van der Waals surface area contributed by atoms with Crippen molar-refractivity contribution in [2.75, 3.05) is 0 Å². The van der Waals surface area contributed by atoms with Gasteiger partial charge in [-0.1, -0.05) is 4.68 Å². The Balaban J connectivity index is 2.13. The summed E-state index contributed by atoms with van der Waals surface area (Å²) in [7, 11) is 0. The topological polar surface area (TPSA) is 82.7 Å². The Morgan fingerprint density at radius 2 is 1.90 bits per heavy atom. The predicted octanol–water partition coefficient (Wildman–Crippen LogP) is -0.0151. The van der Waals surface area contributed by atoms with Crippen LogP contribution in [0.15, 0.2) is 30.9 Å². The van der Waals surface area contributed by atoms with Crippen LogP contribution in [-0.4, -0.2) is 21.0 Å². The largest absolute Gasteiger partial charge is 0.550 e. The molecule has 0 fully saturated rings. The molecule has 110 valence electrons. The van der Waals surface area contributed by atoms with E-state index in [-0.39, 0.29) is 18.8 Å². The van der Waals surface area contributed by atoms with Crippen LogP contribution in [0.2, 0.25) is 0 Å². The lowest BCUT2D eigenvalue weighted by atomic mass is 10.2. The van der Waals surface area contributed by atoms with Gasteiger partial charge in [-0.15, -0.1) is 0 Å². The molecule has 0 radical (unpaired) electrons. The van der Waals surface area contributed by atoms with Crippen LogP contribution in [0.4, 0.5) is 13.2 Å². The predicted molar refractivity (Wildman–Crippen MR) is 60.1 cm³/mol. The number of aryl methyl sites for hydroxylation is 1. The van der Waals surface area contributed by atoms with Crippen LogP contribution in [0.25, 0.3) is 11.4 Å². The highest BCUT2D eigenvalue weighted by Gasteiger charge is 2.31. The SMILES string of the molecule is O=C([O-])CC[n+]1ccc(-c2ncc(C(F)(F)F)cn2)cn1. The Hall–Kier alpha value is -2.58. The molecule has 0 saturated heterocycles. The fourth-order valence-electron chi connectivity index (χ4n) is 1.48. The van der Waals surface area contributed by atoms with Gasteiger partial charge in [-0.3, -0.25) is 0 Å². The van der Waals surface area contributed by atoms with Crippen molar-refractivity contribution in [2.24, 2.45) is 0 Å². The van der Waals surface area contributed by atoms with Crippen LogP contribution >= 0.6 is 0 Å². The number of halogens is 3. The van der Waals surface area contributed by atoms with Crippen LogP contribution in [0.3, 0.4) is 0 Å². The molecule has 0 aliphatic heterocycles. The molecule has 6 nitrogen and oxygen atoms in total. The number of aromatic nitrogens is 4. The minimum absolute atomic E-state index is 0.0996. The van der Waals surface area contributed by atoms with E-state index in [1.54, 1.807) is 0 Å². The van der Waals surface area contributed by atoms with Gasteiger partial charge in [0.1, 0.15) is 6.20 Å². The zero-order valence-electron chi connectivity index (χ0n) is 10.5. The second kappa shape index (κ2) is 5.81. The fraction of sp³-hybridized carbons (Fsp3) is 0.250. The Morgan fingerprint density at radius 1 is 1.24 bits per heavy atom. The minimum Gasteiger partial charge on any atom is -0.550 e. The third-order valence-corrected chi connectivity index (χ3v) is 2.55. The van der Waals surface area contributed by atoms with Crippen LogP contribution < -0.4 is 9.79 Å². The lowest BCUT2D eigenvalue weighted by molar-refractivity contribution is -0.753. The van der Waals surface area contributed by atoms with Crippen LogP contribution in [-0.2, 0) is 17.5 Å². The summed E-state index contributed by atoms with van der Waals surface area (Å²) in [6.07, 6.45) is -0.453. The molecule has 0 N–H and O–H groups in total. The van der Waals surface area contributed by atoms with Crippen LogP contribution in [0.5, 0.6) is 0 Å². The molecule has 0 atom stereocenters. The van der Waals surface area contributed by atoms with Crippen molar-refractivity contribution >= 4 is 5.97 Å². The summed E-state index contributed by atoms with van der Waals surface area (Å²) in [5.41, 5.74) is -0.507. The van der Waals surface area contributed by atoms with Crippen molar-refractivity contribution in [1.82, 2.24) is 15.1 Å². The van der Waals surface area contributed by atoms with Gasteiger partial charge in [-0.25, -0.2) is 9.97 Å². The molecule has 0 bridgehead atoms. The molecule has 9 heteroatoms. The molecule has 0 amide bonds. The van der Waals surface area contributed by atoms with Gasteiger partial charge in [0.25, 0.3) is 0 Å². The summed E-state index contributed by atoms with van der Waals surface area (Å²) in [6.45, 7) is 0.135. The van der Waals surface area contributed by atoms with E-state index in [1.165, 1.54) is 23.1 Å². The summed E-state index contributed by atoms with van der Waals surface area (Å²) < 4.78 is 38.5. The van der Waals surface area contributed by atoms with Crippen molar-refractivity contribution in [2.45, 2.75) is 19.1 Å². The first-order valence-corrected chi connectivity index (χ1v) is 5.81. The second-order valence-corrected chi connectivity index (χ2v) is 4.09. The second-order valence-electron chi connectivity index (χ2n) is 4.09. The van der Waals surface area contributed by atoms with E-state index in [2.05, 4.69) is 15.1 Å². The van der Waals surface area contributed by atoms with Crippen molar-refractivity contribution in [1.29, 1.82) is 0 Å². The number of rotatable bonds is 4. The van der Waals surface area contributed by atoms with E-state index in [4.69, 9.17) is 0 Å². The third kappa shape index (κ3) is 3.94. The summed E-state index contributed by atoms with van der Waals surface area (Å²) in [5, 5.41) is 14.2. The summed E-state index contributed by atoms with van der Waals surface area (Å²) in [6, 6.07) is 1.53. The van der Waals surface area contributed by atoms with E-state index < -0.39 is 17.7 Å². The Labute approximate surface area is 116 Å². The zero-order chi connectivity index (χ0) is 15.5. The molecule has 0 unspecified atom stereocenters. The average molecular weight is 298 g/mol. The molecular formula is C12H9F3N4O2. The number of carbonyl (C=O) groups excluding carboxylic acids is 1. The fourth-order valence-corrected chi connectivity index (χ4v) is 1.48. The first kappa shape index (κ1) is 14.8. The van der Waals surface area contributed by atoms with Gasteiger partial charge in [0, 0.05) is 36.4 Å². The van der Waals surface area contributed by atoms with Gasteiger partial charge >= 0.3 is 6.18 Å². The number of aliphatic carboxylic acids is 1. The Morgan fingerprint density at radius 3 is 2.38 bits per heavy atom. The van der Waals surface area contributed by atoms with Crippen molar-refractivity contribution in [3.63, 3.8) is 0 Å². The van der Waals surface area contributed by atoms with Gasteiger partial charge in [-0.2, -0.15) is 13.2 Å². The van der Waals surface area contributed by atoms with Gasteiger partial charge in [0.2, 0.25) is 0 Å². The number of carbonyl (C=O) groups is 1. The first-order valence-electron chi connectivity index (χ1n) is 5.81. The molecule has 2 rings (SSSR count). The monoisotopic (exact) mass is 298 g/mol. The molecule has 0 spiro atoms. The van der Waals surface area contributed by atoms with E-state index in [0.29, 0.717) is 18.0 Å². The molecule has 0 aliphatic rings. The highest BCUT2D eigenvalue weighted by atomic mass is 19.4. The minimum atomic E-state index is -4.48. The number of nitrogens with zero attached hydrogens (tertiary/aromatic N) is 4. The molecule has 2 heterocycles. The highest BCUT2D eigenvalue weighted by molar-refractivity contribution is 5.63. The van der Waals surface area contributed by atoms with Gasteiger partial charge in [0.05, 0.1) is 5.56 Å². The van der Waals surface area contributed by atoms with E-state index in [1.807, 2.05) is 0 Å². The highest BCUT2D eigenvalue weighted by Crippen LogP contribution is 2.28. The van der Waals surface area contributed by atoms with E-state index in [9.17, 15) is 23.1 Å². The maximum absolute atomic E-state index is 12.4. The molecule has 0 aromatic carbocycles. The first-order chi connectivity index (χ1) is 9.86. The molecule has 0 saturated carbocycles. The number of carboxylic acid groups (broad SMARTS) is 1. The number of hydrogen-bond donors (Lipinski definition) is 0. The smallest absolute Gasteiger partial charge is 0.419 e. The van der Waals surface area contributed by atoms with E-state index in [0.717, 1.165) is 0 Å². The number of carboxylic acids is 1. The van der Waals surface area contributed by atoms with Crippen molar-refractivity contribution < 1.29 is 27.8 Å². The molecule has 2 aromatic rings. The van der Waals surface area contributed by atoms with Crippen LogP contribution in [0, 0.1) is 0 Å². The normalized spacial score (nSPS) is 11.4.